The lowest BCUT2D eigenvalue weighted by molar-refractivity contribution is -0.129. The van der Waals surface area contributed by atoms with Gasteiger partial charge in [-0.05, 0) is 38.7 Å². The topological polar surface area (TPSA) is 133 Å². The second-order valence-corrected chi connectivity index (χ2v) is 13.8. The van der Waals surface area contributed by atoms with Gasteiger partial charge in [0.25, 0.3) is 5.91 Å². The summed E-state index contributed by atoms with van der Waals surface area (Å²) in [6.07, 6.45) is 0.334. The first-order valence-corrected chi connectivity index (χ1v) is 14.7. The number of carbonyl (C=O) groups excluding carboxylic acids is 2. The Balaban J connectivity index is 2.32. The van der Waals surface area contributed by atoms with Crippen molar-refractivity contribution in [3.05, 3.63) is 48.2 Å². The fraction of sp³-hybridized carbons (Fsp3) is 0.565. The van der Waals surface area contributed by atoms with Crippen molar-refractivity contribution < 1.29 is 31.2 Å². The van der Waals surface area contributed by atoms with Gasteiger partial charge in [-0.2, -0.15) is 12.7 Å². The van der Waals surface area contributed by atoms with Gasteiger partial charge in [-0.3, -0.25) is 9.10 Å². The molecule has 1 aromatic carbocycles. The van der Waals surface area contributed by atoms with Crippen LogP contribution in [0.15, 0.2) is 42.6 Å². The van der Waals surface area contributed by atoms with Crippen LogP contribution in [-0.4, -0.2) is 72.9 Å². The van der Waals surface area contributed by atoms with Crippen LogP contribution in [0, 0.1) is 5.92 Å². The molecule has 1 heterocycles. The first kappa shape index (κ1) is 29.6. The van der Waals surface area contributed by atoms with Gasteiger partial charge in [0.15, 0.2) is 0 Å². The molecule has 1 N–H and O–H groups in total. The summed E-state index contributed by atoms with van der Waals surface area (Å²) < 4.78 is 59.6. The van der Waals surface area contributed by atoms with Crippen molar-refractivity contribution in [1.82, 2.24) is 18.2 Å². The number of hydrogen-bond donors (Lipinski definition) is 1. The van der Waals surface area contributed by atoms with Gasteiger partial charge in [0.2, 0.25) is 10.0 Å². The Hall–Kier alpha value is -2.64. The molecule has 0 aliphatic carbocycles. The molecule has 13 heteroatoms. The lowest BCUT2D eigenvalue weighted by Crippen LogP contribution is -2.46. The fourth-order valence-corrected chi connectivity index (χ4v) is 6.19. The number of hydrogen-bond acceptors (Lipinski definition) is 7. The predicted octanol–water partition coefficient (Wildman–Crippen LogP) is 2.25. The van der Waals surface area contributed by atoms with E-state index >= 15 is 0 Å². The average molecular weight is 545 g/mol. The molecule has 2 rings (SSSR count). The Morgan fingerprint density at radius 3 is 2.31 bits per heavy atom. The van der Waals surface area contributed by atoms with E-state index in [4.69, 9.17) is 4.74 Å². The summed E-state index contributed by atoms with van der Waals surface area (Å²) in [5, 5.41) is 2.39. The van der Waals surface area contributed by atoms with Crippen LogP contribution in [0.4, 0.5) is 4.79 Å². The lowest BCUT2D eigenvalue weighted by atomic mass is 10.0. The molecule has 1 aliphatic rings. The van der Waals surface area contributed by atoms with Crippen LogP contribution in [-0.2, 0) is 36.3 Å². The van der Waals surface area contributed by atoms with Crippen LogP contribution in [0.1, 0.15) is 46.6 Å². The van der Waals surface area contributed by atoms with Crippen LogP contribution >= 0.6 is 0 Å². The molecule has 1 fully saturated rings. The van der Waals surface area contributed by atoms with Crippen molar-refractivity contribution in [3.8, 4) is 0 Å². The maximum absolute atomic E-state index is 13.5. The predicted molar refractivity (Wildman–Crippen MR) is 136 cm³/mol. The van der Waals surface area contributed by atoms with E-state index in [1.165, 1.54) is 0 Å². The number of nitrogens with one attached hydrogen (secondary N) is 1. The van der Waals surface area contributed by atoms with Crippen molar-refractivity contribution in [3.63, 3.8) is 0 Å². The standard InChI is InChI=1S/C23H36N4O7S2/c1-17(2)13-20-21(28)27(36(32,33)25(20)15-19-11-9-8-10-12-19)16-26(35(7,30)31)18(3)14-24-22(29)34-23(4,5)6/h8-12,17,20H,3,13-16H2,1-2,4-7H3,(H,24,29). The fourth-order valence-electron chi connectivity index (χ4n) is 3.59. The van der Waals surface area contributed by atoms with Crippen molar-refractivity contribution in [2.45, 2.75) is 59.2 Å². The first-order valence-electron chi connectivity index (χ1n) is 11.4. The summed E-state index contributed by atoms with van der Waals surface area (Å²) in [6.45, 7) is 11.3. The number of benzene rings is 1. The number of alkyl carbamates (subject to hydrolysis) is 1. The molecule has 1 unspecified atom stereocenters. The minimum atomic E-state index is -4.36. The van der Waals surface area contributed by atoms with Gasteiger partial charge in [0.05, 0.1) is 12.8 Å². The molecule has 2 amide bonds. The van der Waals surface area contributed by atoms with Gasteiger partial charge < -0.3 is 10.1 Å². The molecular formula is C23H36N4O7S2. The molecule has 1 aromatic rings. The van der Waals surface area contributed by atoms with Crippen molar-refractivity contribution in [2.75, 3.05) is 19.5 Å². The third-order valence-electron chi connectivity index (χ3n) is 5.17. The van der Waals surface area contributed by atoms with Crippen molar-refractivity contribution in [1.29, 1.82) is 0 Å². The summed E-state index contributed by atoms with van der Waals surface area (Å²) in [7, 11) is -8.42. The van der Waals surface area contributed by atoms with Gasteiger partial charge in [-0.25, -0.2) is 17.5 Å². The van der Waals surface area contributed by atoms with E-state index in [0.29, 0.717) is 14.2 Å². The normalized spacial score (nSPS) is 18.4. The van der Waals surface area contributed by atoms with Gasteiger partial charge in [-0.15, -0.1) is 0 Å². The van der Waals surface area contributed by atoms with E-state index in [9.17, 15) is 26.4 Å². The van der Waals surface area contributed by atoms with Crippen molar-refractivity contribution in [2.24, 2.45) is 5.92 Å². The molecule has 1 saturated heterocycles. The molecule has 202 valence electrons. The van der Waals surface area contributed by atoms with Gasteiger partial charge >= 0.3 is 16.3 Å². The molecule has 11 nitrogen and oxygen atoms in total. The number of ether oxygens (including phenoxy) is 1. The minimum Gasteiger partial charge on any atom is -0.444 e. The highest BCUT2D eigenvalue weighted by Gasteiger charge is 2.51. The SMILES string of the molecule is C=C(CNC(=O)OC(C)(C)C)N(CN1C(=O)C(CC(C)C)N(Cc2ccccc2)S1(=O)=O)S(C)(=O)=O. The number of rotatable bonds is 10. The van der Waals surface area contributed by atoms with E-state index in [2.05, 4.69) is 11.9 Å². The monoisotopic (exact) mass is 544 g/mol. The van der Waals surface area contributed by atoms with Gasteiger partial charge in [0, 0.05) is 12.2 Å². The molecule has 1 aliphatic heterocycles. The zero-order valence-corrected chi connectivity index (χ0v) is 23.2. The van der Waals surface area contributed by atoms with E-state index in [1.54, 1.807) is 51.1 Å². The summed E-state index contributed by atoms with van der Waals surface area (Å²) in [5.74, 6) is -0.715. The zero-order chi connectivity index (χ0) is 27.5. The first-order chi connectivity index (χ1) is 16.4. The highest BCUT2D eigenvalue weighted by molar-refractivity contribution is 7.89. The molecule has 0 aromatic heterocycles. The highest BCUT2D eigenvalue weighted by Crippen LogP contribution is 2.31. The van der Waals surface area contributed by atoms with Crippen LogP contribution in [0.5, 0.6) is 0 Å². The maximum Gasteiger partial charge on any atom is 0.407 e. The van der Waals surface area contributed by atoms with E-state index in [1.807, 2.05) is 13.8 Å². The summed E-state index contributed by atoms with van der Waals surface area (Å²) in [5.41, 5.74) is -0.213. The van der Waals surface area contributed by atoms with Gasteiger partial charge in [-0.1, -0.05) is 50.8 Å². The third-order valence-corrected chi connectivity index (χ3v) is 8.18. The molecular weight excluding hydrogens is 508 g/mol. The van der Waals surface area contributed by atoms with Crippen LogP contribution < -0.4 is 5.32 Å². The van der Waals surface area contributed by atoms with E-state index in [-0.39, 0.29) is 31.1 Å². The highest BCUT2D eigenvalue weighted by atomic mass is 32.2. The summed E-state index contributed by atoms with van der Waals surface area (Å²) in [4.78, 5) is 25.3. The summed E-state index contributed by atoms with van der Waals surface area (Å²) in [6, 6.07) is 7.85. The Morgan fingerprint density at radius 2 is 1.81 bits per heavy atom. The molecule has 36 heavy (non-hydrogen) atoms. The zero-order valence-electron chi connectivity index (χ0n) is 21.6. The van der Waals surface area contributed by atoms with Crippen LogP contribution in [0.3, 0.4) is 0 Å². The average Bonchev–Trinajstić information content (AvgIpc) is 2.88. The minimum absolute atomic E-state index is 0.00591. The Bertz CT molecular complexity index is 1180. The second-order valence-electron chi connectivity index (χ2n) is 10.0. The van der Waals surface area contributed by atoms with Crippen molar-refractivity contribution >= 4 is 32.2 Å². The Kier molecular flexibility index (Phi) is 9.19. The van der Waals surface area contributed by atoms with Gasteiger partial charge in [0.1, 0.15) is 18.3 Å². The third kappa shape index (κ3) is 7.68. The maximum atomic E-state index is 13.5. The quantitative estimate of drug-likeness (QED) is 0.478. The molecule has 0 spiro atoms. The smallest absolute Gasteiger partial charge is 0.407 e. The van der Waals surface area contributed by atoms with Crippen LogP contribution in [0.2, 0.25) is 0 Å². The number of nitrogens with zero attached hydrogens (tertiary/aromatic N) is 3. The largest absolute Gasteiger partial charge is 0.444 e. The second kappa shape index (κ2) is 11.2. The van der Waals surface area contributed by atoms with E-state index < -0.39 is 50.5 Å². The molecule has 1 atom stereocenters. The molecule has 0 radical (unpaired) electrons. The molecule has 0 saturated carbocycles. The van der Waals surface area contributed by atoms with Crippen LogP contribution in [0.25, 0.3) is 0 Å². The number of carbonyl (C=O) groups is 2. The Labute approximate surface area is 214 Å². The van der Waals surface area contributed by atoms with E-state index in [0.717, 1.165) is 10.6 Å². The Morgan fingerprint density at radius 1 is 1.22 bits per heavy atom. The number of amides is 2. The molecule has 0 bridgehead atoms. The number of sulfonamides is 1. The lowest BCUT2D eigenvalue weighted by Gasteiger charge is -2.29. The summed E-state index contributed by atoms with van der Waals surface area (Å²) >= 11 is 0.